The van der Waals surface area contributed by atoms with E-state index in [1.807, 2.05) is 35.0 Å². The van der Waals surface area contributed by atoms with E-state index in [0.29, 0.717) is 12.1 Å². The Labute approximate surface area is 128 Å². The minimum atomic E-state index is -0.233. The first-order chi connectivity index (χ1) is 10.8. The molecule has 5 nitrogen and oxygen atoms in total. The molecule has 0 atom stereocenters. The number of rotatable bonds is 4. The fraction of sp³-hybridized carbons (Fsp3) is 0.118. The van der Waals surface area contributed by atoms with Crippen molar-refractivity contribution >= 4 is 16.9 Å². The van der Waals surface area contributed by atoms with Crippen LogP contribution in [0, 0.1) is 12.3 Å². The molecule has 22 heavy (non-hydrogen) atoms. The van der Waals surface area contributed by atoms with Gasteiger partial charge in [0.05, 0.1) is 24.8 Å². The molecular formula is C17H14N4O. The van der Waals surface area contributed by atoms with Gasteiger partial charge in [0.2, 0.25) is 0 Å². The van der Waals surface area contributed by atoms with Crippen LogP contribution in [0.1, 0.15) is 15.9 Å². The first kappa shape index (κ1) is 13.8. The van der Waals surface area contributed by atoms with Gasteiger partial charge in [-0.1, -0.05) is 36.3 Å². The Morgan fingerprint density at radius 1 is 1.27 bits per heavy atom. The van der Waals surface area contributed by atoms with Gasteiger partial charge in [0.25, 0.3) is 5.91 Å². The number of pyridine rings is 1. The summed E-state index contributed by atoms with van der Waals surface area (Å²) in [5.74, 6) is 2.13. The van der Waals surface area contributed by atoms with Crippen LogP contribution in [0.2, 0.25) is 0 Å². The summed E-state index contributed by atoms with van der Waals surface area (Å²) >= 11 is 0. The molecule has 3 aromatic rings. The van der Waals surface area contributed by atoms with Crippen LogP contribution in [0.25, 0.3) is 11.0 Å². The lowest BCUT2D eigenvalue weighted by Gasteiger charge is -2.04. The molecule has 0 radical (unpaired) electrons. The summed E-state index contributed by atoms with van der Waals surface area (Å²) in [7, 11) is 0. The number of carbonyl (C=O) groups is 1. The van der Waals surface area contributed by atoms with Gasteiger partial charge >= 0.3 is 0 Å². The molecule has 0 spiro atoms. The number of fused-ring (bicyclic) bond motifs is 1. The summed E-state index contributed by atoms with van der Waals surface area (Å²) in [6.07, 6.45) is 8.38. The lowest BCUT2D eigenvalue weighted by atomic mass is 10.2. The predicted molar refractivity (Wildman–Crippen MR) is 84.2 cm³/mol. The lowest BCUT2D eigenvalue weighted by Crippen LogP contribution is -2.23. The predicted octanol–water partition coefficient (Wildman–Crippen LogP) is 1.84. The number of benzene rings is 1. The second-order valence-electron chi connectivity index (χ2n) is 4.81. The van der Waals surface area contributed by atoms with Gasteiger partial charge in [-0.25, -0.2) is 9.67 Å². The quantitative estimate of drug-likeness (QED) is 0.746. The van der Waals surface area contributed by atoms with Crippen molar-refractivity contribution in [1.82, 2.24) is 20.1 Å². The molecule has 5 heteroatoms. The van der Waals surface area contributed by atoms with E-state index in [4.69, 9.17) is 6.42 Å². The highest BCUT2D eigenvalue weighted by molar-refractivity contribution is 5.96. The van der Waals surface area contributed by atoms with E-state index < -0.39 is 0 Å². The molecule has 0 aliphatic rings. The molecule has 1 amide bonds. The molecule has 0 aliphatic carbocycles. The second kappa shape index (κ2) is 6.10. The Kier molecular flexibility index (Phi) is 3.84. The van der Waals surface area contributed by atoms with Crippen molar-refractivity contribution in [2.45, 2.75) is 6.54 Å². The van der Waals surface area contributed by atoms with Crippen molar-refractivity contribution in [3.05, 3.63) is 59.9 Å². The number of carbonyl (C=O) groups excluding carboxylic acids is 1. The largest absolute Gasteiger partial charge is 0.341 e. The summed E-state index contributed by atoms with van der Waals surface area (Å²) in [5, 5.41) is 7.78. The normalized spacial score (nSPS) is 10.3. The van der Waals surface area contributed by atoms with E-state index in [1.54, 1.807) is 12.3 Å². The Balaban J connectivity index is 1.87. The van der Waals surface area contributed by atoms with Crippen LogP contribution in [0.5, 0.6) is 0 Å². The minimum absolute atomic E-state index is 0.199. The highest BCUT2D eigenvalue weighted by Gasteiger charge is 2.10. The molecule has 0 saturated carbocycles. The number of nitrogens with zero attached hydrogens (tertiary/aromatic N) is 3. The molecule has 1 N–H and O–H groups in total. The lowest BCUT2D eigenvalue weighted by molar-refractivity contribution is 0.0958. The molecule has 2 heterocycles. The van der Waals surface area contributed by atoms with Gasteiger partial charge in [0.15, 0.2) is 5.65 Å². The maximum absolute atomic E-state index is 11.9. The summed E-state index contributed by atoms with van der Waals surface area (Å²) in [6, 6.07) is 11.8. The third-order valence-electron chi connectivity index (χ3n) is 3.26. The number of aromatic nitrogens is 3. The van der Waals surface area contributed by atoms with E-state index in [0.717, 1.165) is 16.6 Å². The molecule has 2 aromatic heterocycles. The summed E-state index contributed by atoms with van der Waals surface area (Å²) in [4.78, 5) is 16.2. The Hall–Kier alpha value is -3.13. The highest BCUT2D eigenvalue weighted by atomic mass is 16.1. The third-order valence-corrected chi connectivity index (χ3v) is 3.26. The molecule has 1 aromatic carbocycles. The van der Waals surface area contributed by atoms with E-state index in [2.05, 4.69) is 21.3 Å². The van der Waals surface area contributed by atoms with Crippen LogP contribution in [0.15, 0.2) is 48.8 Å². The molecule has 0 fully saturated rings. The smallest absolute Gasteiger partial charge is 0.253 e. The van der Waals surface area contributed by atoms with Gasteiger partial charge in [0, 0.05) is 11.6 Å². The maximum atomic E-state index is 11.9. The zero-order valence-corrected chi connectivity index (χ0v) is 11.9. The molecular weight excluding hydrogens is 276 g/mol. The molecule has 0 aliphatic heterocycles. The summed E-state index contributed by atoms with van der Waals surface area (Å²) in [5.41, 5.74) is 2.37. The summed E-state index contributed by atoms with van der Waals surface area (Å²) < 4.78 is 1.81. The van der Waals surface area contributed by atoms with Gasteiger partial charge in [-0.15, -0.1) is 6.42 Å². The van der Waals surface area contributed by atoms with Crippen molar-refractivity contribution in [1.29, 1.82) is 0 Å². The van der Waals surface area contributed by atoms with Crippen LogP contribution >= 0.6 is 0 Å². The molecule has 0 bridgehead atoms. The van der Waals surface area contributed by atoms with Crippen molar-refractivity contribution < 1.29 is 4.79 Å². The van der Waals surface area contributed by atoms with Gasteiger partial charge < -0.3 is 5.32 Å². The molecule has 108 valence electrons. The van der Waals surface area contributed by atoms with Gasteiger partial charge in [-0.2, -0.15) is 5.10 Å². The average molecular weight is 290 g/mol. The van der Waals surface area contributed by atoms with Crippen LogP contribution in [-0.2, 0) is 6.54 Å². The van der Waals surface area contributed by atoms with E-state index in [1.165, 1.54) is 6.20 Å². The monoisotopic (exact) mass is 290 g/mol. The Morgan fingerprint density at radius 2 is 2.09 bits per heavy atom. The average Bonchev–Trinajstić information content (AvgIpc) is 2.96. The number of hydrogen-bond donors (Lipinski definition) is 1. The van der Waals surface area contributed by atoms with Crippen molar-refractivity contribution in [2.75, 3.05) is 6.54 Å². The van der Waals surface area contributed by atoms with Crippen molar-refractivity contribution in [3.63, 3.8) is 0 Å². The van der Waals surface area contributed by atoms with Crippen molar-refractivity contribution in [2.24, 2.45) is 0 Å². The number of hydrogen-bond acceptors (Lipinski definition) is 3. The van der Waals surface area contributed by atoms with Crippen LogP contribution < -0.4 is 5.32 Å². The zero-order chi connectivity index (χ0) is 15.4. The zero-order valence-electron chi connectivity index (χ0n) is 11.9. The van der Waals surface area contributed by atoms with Crippen LogP contribution in [0.3, 0.4) is 0 Å². The maximum Gasteiger partial charge on any atom is 0.253 e. The van der Waals surface area contributed by atoms with Crippen LogP contribution in [0.4, 0.5) is 0 Å². The molecule has 3 rings (SSSR count). The Bertz CT molecular complexity index is 846. The van der Waals surface area contributed by atoms with E-state index in [-0.39, 0.29) is 12.5 Å². The minimum Gasteiger partial charge on any atom is -0.341 e. The number of nitrogens with one attached hydrogen (secondary N) is 1. The second-order valence-corrected chi connectivity index (χ2v) is 4.81. The van der Waals surface area contributed by atoms with Crippen molar-refractivity contribution in [3.8, 4) is 12.3 Å². The van der Waals surface area contributed by atoms with Gasteiger partial charge in [-0.3, -0.25) is 4.79 Å². The SMILES string of the molecule is C#CCNC(=O)c1cnc2c(cnn2Cc2ccccc2)c1. The number of amides is 1. The molecule has 0 saturated heterocycles. The third kappa shape index (κ3) is 2.81. The standard InChI is InChI=1S/C17H14N4O/c1-2-8-18-17(22)15-9-14-11-20-21(16(14)19-10-15)12-13-6-4-3-5-7-13/h1,3-7,9-11H,8,12H2,(H,18,22). The first-order valence-electron chi connectivity index (χ1n) is 6.85. The highest BCUT2D eigenvalue weighted by Crippen LogP contribution is 2.14. The fourth-order valence-corrected chi connectivity index (χ4v) is 2.20. The van der Waals surface area contributed by atoms with E-state index >= 15 is 0 Å². The molecule has 0 unspecified atom stereocenters. The fourth-order valence-electron chi connectivity index (χ4n) is 2.20. The van der Waals surface area contributed by atoms with Crippen LogP contribution in [-0.4, -0.2) is 27.2 Å². The first-order valence-corrected chi connectivity index (χ1v) is 6.85. The van der Waals surface area contributed by atoms with Gasteiger partial charge in [-0.05, 0) is 11.6 Å². The Morgan fingerprint density at radius 3 is 2.86 bits per heavy atom. The van der Waals surface area contributed by atoms with Gasteiger partial charge in [0.1, 0.15) is 0 Å². The number of terminal acetylenes is 1. The summed E-state index contributed by atoms with van der Waals surface area (Å²) in [6.45, 7) is 0.837. The topological polar surface area (TPSA) is 59.8 Å². The van der Waals surface area contributed by atoms with E-state index in [9.17, 15) is 4.79 Å².